The van der Waals surface area contributed by atoms with E-state index in [1.165, 1.54) is 18.2 Å². The predicted octanol–water partition coefficient (Wildman–Crippen LogP) is 3.31. The number of furan rings is 1. The summed E-state index contributed by atoms with van der Waals surface area (Å²) in [6.07, 6.45) is 1.24. The molecular weight excluding hydrogens is 388 g/mol. The van der Waals surface area contributed by atoms with Crippen molar-refractivity contribution < 1.29 is 28.7 Å². The van der Waals surface area contributed by atoms with Crippen molar-refractivity contribution in [2.45, 2.75) is 0 Å². The topological polar surface area (TPSA) is 117 Å². The predicted molar refractivity (Wildman–Crippen MR) is 107 cm³/mol. The third-order valence-corrected chi connectivity index (χ3v) is 4.42. The summed E-state index contributed by atoms with van der Waals surface area (Å²) >= 11 is 0. The number of carbonyl (C=O) groups excluding carboxylic acids is 3. The SMILES string of the molecule is O=C1NC(=O)N(c2ccccc2)C(=O)C1=Cc1ccc(-c2cccc(C(=O)O)c2)o1. The Morgan fingerprint density at radius 1 is 0.967 bits per heavy atom. The number of barbiturate groups is 1. The van der Waals surface area contributed by atoms with Gasteiger partial charge in [-0.2, -0.15) is 0 Å². The summed E-state index contributed by atoms with van der Waals surface area (Å²) in [7, 11) is 0. The third-order valence-electron chi connectivity index (χ3n) is 4.42. The number of amides is 4. The molecule has 0 atom stereocenters. The number of carbonyl (C=O) groups is 4. The molecule has 0 radical (unpaired) electrons. The standard InChI is InChI=1S/C22H14N2O6/c25-19-17(20(26)24(22(29)23-19)15-7-2-1-3-8-15)12-16-9-10-18(30-16)13-5-4-6-14(11-13)21(27)28/h1-12H,(H,27,28)(H,23,25,29). The molecule has 30 heavy (non-hydrogen) atoms. The number of para-hydroxylation sites is 1. The second-order valence-electron chi connectivity index (χ2n) is 6.38. The van der Waals surface area contributed by atoms with Gasteiger partial charge in [0.15, 0.2) is 0 Å². The van der Waals surface area contributed by atoms with Gasteiger partial charge in [0, 0.05) is 5.56 Å². The number of hydrogen-bond donors (Lipinski definition) is 2. The lowest BCUT2D eigenvalue weighted by molar-refractivity contribution is -0.122. The lowest BCUT2D eigenvalue weighted by Gasteiger charge is -2.26. The Bertz CT molecular complexity index is 1210. The molecule has 1 saturated heterocycles. The zero-order valence-corrected chi connectivity index (χ0v) is 15.4. The number of carboxylic acid groups (broad SMARTS) is 1. The number of anilines is 1. The van der Waals surface area contributed by atoms with Crippen LogP contribution in [0.25, 0.3) is 17.4 Å². The van der Waals surface area contributed by atoms with Crippen LogP contribution in [0.4, 0.5) is 10.5 Å². The summed E-state index contributed by atoms with van der Waals surface area (Å²) < 4.78 is 5.67. The Balaban J connectivity index is 1.67. The molecule has 1 fully saturated rings. The van der Waals surface area contributed by atoms with Crippen LogP contribution in [-0.2, 0) is 9.59 Å². The first-order valence-electron chi connectivity index (χ1n) is 8.84. The average molecular weight is 402 g/mol. The van der Waals surface area contributed by atoms with Gasteiger partial charge in [-0.1, -0.05) is 30.3 Å². The molecule has 0 aliphatic carbocycles. The normalized spacial score (nSPS) is 15.4. The van der Waals surface area contributed by atoms with Crippen molar-refractivity contribution in [3.8, 4) is 11.3 Å². The van der Waals surface area contributed by atoms with Crippen LogP contribution < -0.4 is 10.2 Å². The minimum atomic E-state index is -1.07. The van der Waals surface area contributed by atoms with Crippen LogP contribution in [0.1, 0.15) is 16.1 Å². The summed E-state index contributed by atoms with van der Waals surface area (Å²) in [5.41, 5.74) is 0.686. The van der Waals surface area contributed by atoms with Gasteiger partial charge in [-0.05, 0) is 42.5 Å². The molecule has 2 heterocycles. The number of hydrogen-bond acceptors (Lipinski definition) is 5. The highest BCUT2D eigenvalue weighted by Gasteiger charge is 2.36. The Morgan fingerprint density at radius 3 is 2.47 bits per heavy atom. The van der Waals surface area contributed by atoms with E-state index in [0.717, 1.165) is 4.90 Å². The number of nitrogens with one attached hydrogen (secondary N) is 1. The van der Waals surface area contributed by atoms with Gasteiger partial charge in [-0.15, -0.1) is 0 Å². The Kier molecular flexibility index (Phi) is 4.73. The maximum absolute atomic E-state index is 12.8. The van der Waals surface area contributed by atoms with Crippen molar-refractivity contribution in [1.29, 1.82) is 0 Å². The van der Waals surface area contributed by atoms with E-state index in [4.69, 9.17) is 9.52 Å². The van der Waals surface area contributed by atoms with E-state index < -0.39 is 23.8 Å². The van der Waals surface area contributed by atoms with Crippen LogP contribution >= 0.6 is 0 Å². The van der Waals surface area contributed by atoms with Gasteiger partial charge in [-0.25, -0.2) is 14.5 Å². The molecule has 1 aliphatic heterocycles. The fraction of sp³-hybridized carbons (Fsp3) is 0. The fourth-order valence-corrected chi connectivity index (χ4v) is 3.00. The molecule has 148 valence electrons. The molecule has 8 heteroatoms. The zero-order valence-electron chi connectivity index (χ0n) is 15.4. The first-order chi connectivity index (χ1) is 14.4. The van der Waals surface area contributed by atoms with Crippen LogP contribution in [-0.4, -0.2) is 28.9 Å². The molecule has 0 unspecified atom stereocenters. The number of benzene rings is 2. The molecule has 0 saturated carbocycles. The van der Waals surface area contributed by atoms with Crippen molar-refractivity contribution in [1.82, 2.24) is 5.32 Å². The van der Waals surface area contributed by atoms with Crippen LogP contribution in [0.2, 0.25) is 0 Å². The molecule has 0 spiro atoms. The average Bonchev–Trinajstić information content (AvgIpc) is 3.21. The van der Waals surface area contributed by atoms with Crippen molar-refractivity contribution in [3.63, 3.8) is 0 Å². The smallest absolute Gasteiger partial charge is 0.335 e. The molecule has 8 nitrogen and oxygen atoms in total. The molecule has 2 N–H and O–H groups in total. The van der Waals surface area contributed by atoms with Gasteiger partial charge in [0.25, 0.3) is 11.8 Å². The second kappa shape index (κ2) is 7.51. The Morgan fingerprint density at radius 2 is 1.73 bits per heavy atom. The van der Waals surface area contributed by atoms with Crippen molar-refractivity contribution in [2.24, 2.45) is 0 Å². The molecule has 2 aromatic carbocycles. The highest BCUT2D eigenvalue weighted by atomic mass is 16.4. The first-order valence-corrected chi connectivity index (χ1v) is 8.84. The quantitative estimate of drug-likeness (QED) is 0.511. The summed E-state index contributed by atoms with van der Waals surface area (Å²) in [6.45, 7) is 0. The summed E-state index contributed by atoms with van der Waals surface area (Å²) in [6, 6.07) is 16.7. The molecule has 3 aromatic rings. The van der Waals surface area contributed by atoms with E-state index in [1.54, 1.807) is 54.6 Å². The van der Waals surface area contributed by atoms with E-state index in [2.05, 4.69) is 5.32 Å². The minimum absolute atomic E-state index is 0.0997. The van der Waals surface area contributed by atoms with E-state index in [9.17, 15) is 19.2 Å². The second-order valence-corrected chi connectivity index (χ2v) is 6.38. The number of carboxylic acids is 1. The van der Waals surface area contributed by atoms with Gasteiger partial charge >= 0.3 is 12.0 Å². The van der Waals surface area contributed by atoms with E-state index >= 15 is 0 Å². The van der Waals surface area contributed by atoms with Gasteiger partial charge in [-0.3, -0.25) is 14.9 Å². The fourth-order valence-electron chi connectivity index (χ4n) is 3.00. The minimum Gasteiger partial charge on any atom is -0.478 e. The van der Waals surface area contributed by atoms with E-state index in [0.29, 0.717) is 17.0 Å². The van der Waals surface area contributed by atoms with Gasteiger partial charge in [0.05, 0.1) is 11.3 Å². The maximum atomic E-state index is 12.8. The van der Waals surface area contributed by atoms with Crippen molar-refractivity contribution >= 4 is 35.6 Å². The van der Waals surface area contributed by atoms with E-state index in [-0.39, 0.29) is 16.9 Å². The van der Waals surface area contributed by atoms with Gasteiger partial charge in [0.2, 0.25) is 0 Å². The molecule has 1 aliphatic rings. The number of urea groups is 1. The highest BCUT2D eigenvalue weighted by Crippen LogP contribution is 2.26. The number of imide groups is 2. The zero-order chi connectivity index (χ0) is 21.3. The molecule has 4 rings (SSSR count). The monoisotopic (exact) mass is 402 g/mol. The lowest BCUT2D eigenvalue weighted by atomic mass is 10.1. The van der Waals surface area contributed by atoms with Crippen molar-refractivity contribution in [3.05, 3.63) is 83.6 Å². The Hall–Kier alpha value is -4.46. The lowest BCUT2D eigenvalue weighted by Crippen LogP contribution is -2.54. The van der Waals surface area contributed by atoms with Gasteiger partial charge < -0.3 is 9.52 Å². The summed E-state index contributed by atoms with van der Waals surface area (Å²) in [4.78, 5) is 49.2. The molecule has 1 aromatic heterocycles. The van der Waals surface area contributed by atoms with Crippen LogP contribution in [0.5, 0.6) is 0 Å². The van der Waals surface area contributed by atoms with Crippen LogP contribution in [0.15, 0.2) is 76.7 Å². The number of aromatic carboxylic acids is 1. The molecular formula is C22H14N2O6. The third kappa shape index (κ3) is 3.49. The highest BCUT2D eigenvalue weighted by molar-refractivity contribution is 6.39. The molecule has 4 amide bonds. The maximum Gasteiger partial charge on any atom is 0.335 e. The number of nitrogens with zero attached hydrogens (tertiary/aromatic N) is 1. The summed E-state index contributed by atoms with van der Waals surface area (Å²) in [5, 5.41) is 11.3. The molecule has 0 bridgehead atoms. The summed E-state index contributed by atoms with van der Waals surface area (Å²) in [5.74, 6) is -2.11. The van der Waals surface area contributed by atoms with Crippen LogP contribution in [0.3, 0.4) is 0 Å². The van der Waals surface area contributed by atoms with Crippen molar-refractivity contribution in [2.75, 3.05) is 4.90 Å². The van der Waals surface area contributed by atoms with E-state index in [1.807, 2.05) is 0 Å². The number of rotatable bonds is 4. The Labute approximate surface area is 170 Å². The largest absolute Gasteiger partial charge is 0.478 e. The van der Waals surface area contributed by atoms with Crippen LogP contribution in [0, 0.1) is 0 Å². The first kappa shape index (κ1) is 18.9. The van der Waals surface area contributed by atoms with Gasteiger partial charge in [0.1, 0.15) is 17.1 Å².